The molecule has 3 heterocycles. The van der Waals surface area contributed by atoms with Crippen molar-refractivity contribution < 1.29 is 22.7 Å². The van der Waals surface area contributed by atoms with Gasteiger partial charge in [-0.25, -0.2) is 4.98 Å². The maximum atomic E-state index is 13.3. The summed E-state index contributed by atoms with van der Waals surface area (Å²) in [6, 6.07) is 7.08. The fourth-order valence-corrected chi connectivity index (χ4v) is 6.47. The Balaban J connectivity index is 1.29. The van der Waals surface area contributed by atoms with Crippen molar-refractivity contribution in [3.05, 3.63) is 64.5 Å². The summed E-state index contributed by atoms with van der Waals surface area (Å²) in [5, 5.41) is 3.23. The van der Waals surface area contributed by atoms with Crippen molar-refractivity contribution in [2.75, 3.05) is 31.5 Å². The molecule has 2 aromatic carbocycles. The first-order chi connectivity index (χ1) is 18.6. The summed E-state index contributed by atoms with van der Waals surface area (Å²) in [5.74, 6) is 0.272. The van der Waals surface area contributed by atoms with E-state index in [1.807, 2.05) is 0 Å². The molecule has 2 aliphatic heterocycles. The molecular formula is C28H30ClF3N4O2S. The van der Waals surface area contributed by atoms with E-state index >= 15 is 0 Å². The predicted octanol–water partition coefficient (Wildman–Crippen LogP) is 7.33. The van der Waals surface area contributed by atoms with Crippen molar-refractivity contribution in [1.82, 2.24) is 14.8 Å². The van der Waals surface area contributed by atoms with E-state index in [1.165, 1.54) is 44.5 Å². The molecule has 0 spiro atoms. The summed E-state index contributed by atoms with van der Waals surface area (Å²) in [6.45, 7) is 9.91. The number of halogens is 4. The number of ether oxygens (including phenoxy) is 1. The number of benzene rings is 2. The third kappa shape index (κ3) is 6.34. The van der Waals surface area contributed by atoms with Crippen LogP contribution >= 0.6 is 22.9 Å². The Morgan fingerprint density at radius 2 is 1.85 bits per heavy atom. The molecule has 1 N–H and O–H groups in total. The zero-order valence-corrected chi connectivity index (χ0v) is 23.2. The number of alkyl halides is 3. The SMILES string of the molecule is C=C(Oc1c(C)cc(Cl)cc1C(=O)Nc1nc2ccc(C(F)(F)F)cc2s1)N1CCC(N2CCCCC2)CC1. The maximum absolute atomic E-state index is 13.3. The number of carbonyl (C=O) groups is 1. The van der Waals surface area contributed by atoms with Crippen molar-refractivity contribution >= 4 is 44.2 Å². The standard InChI is InChI=1S/C28H30ClF3N4O2S/c1-17-14-20(29)16-22(26(37)34-27-33-23-7-6-19(28(30,31)32)15-24(23)39-27)25(17)38-18(2)35-12-8-21(9-13-35)36-10-4-3-5-11-36/h6-7,14-16,21H,2-5,8-13H2,1H3,(H,33,34,37). The minimum Gasteiger partial charge on any atom is -0.441 e. The highest BCUT2D eigenvalue weighted by Gasteiger charge is 2.31. The van der Waals surface area contributed by atoms with Gasteiger partial charge in [-0.2, -0.15) is 13.2 Å². The first kappa shape index (κ1) is 27.7. The van der Waals surface area contributed by atoms with Crippen LogP contribution in [0.15, 0.2) is 42.8 Å². The fourth-order valence-electron chi connectivity index (χ4n) is 5.30. The van der Waals surface area contributed by atoms with Crippen molar-refractivity contribution in [2.24, 2.45) is 0 Å². The molecule has 3 aromatic rings. The number of likely N-dealkylation sites (tertiary alicyclic amines) is 2. The molecule has 39 heavy (non-hydrogen) atoms. The van der Waals surface area contributed by atoms with E-state index in [2.05, 4.69) is 26.7 Å². The Kier molecular flexibility index (Phi) is 8.07. The van der Waals surface area contributed by atoms with Crippen molar-refractivity contribution in [3.63, 3.8) is 0 Å². The molecule has 2 saturated heterocycles. The van der Waals surface area contributed by atoms with E-state index in [-0.39, 0.29) is 10.7 Å². The fraction of sp³-hybridized carbons (Fsp3) is 0.429. The number of aromatic nitrogens is 1. The van der Waals surface area contributed by atoms with Gasteiger partial charge in [-0.1, -0.05) is 29.4 Å². The van der Waals surface area contributed by atoms with Gasteiger partial charge in [-0.15, -0.1) is 0 Å². The minimum atomic E-state index is -4.46. The zero-order chi connectivity index (χ0) is 27.7. The zero-order valence-electron chi connectivity index (χ0n) is 21.6. The highest BCUT2D eigenvalue weighted by molar-refractivity contribution is 7.22. The Hall–Kier alpha value is -2.82. The monoisotopic (exact) mass is 578 g/mol. The summed E-state index contributed by atoms with van der Waals surface area (Å²) in [5.41, 5.74) is 0.454. The number of hydrogen-bond acceptors (Lipinski definition) is 6. The molecule has 0 saturated carbocycles. The normalized spacial score (nSPS) is 17.4. The molecule has 0 aliphatic carbocycles. The number of aryl methyl sites for hydroxylation is 1. The summed E-state index contributed by atoms with van der Waals surface area (Å²) in [4.78, 5) is 22.3. The van der Waals surface area contributed by atoms with Crippen LogP contribution in [0.3, 0.4) is 0 Å². The van der Waals surface area contributed by atoms with Crippen molar-refractivity contribution in [2.45, 2.75) is 51.2 Å². The van der Waals surface area contributed by atoms with E-state index in [9.17, 15) is 18.0 Å². The third-order valence-electron chi connectivity index (χ3n) is 7.36. The maximum Gasteiger partial charge on any atom is 0.416 e. The van der Waals surface area contributed by atoms with Crippen LogP contribution in [0.4, 0.5) is 18.3 Å². The Labute approximate surface area is 234 Å². The van der Waals surface area contributed by atoms with Gasteiger partial charge in [0.15, 0.2) is 11.0 Å². The van der Waals surface area contributed by atoms with Crippen LogP contribution < -0.4 is 10.1 Å². The smallest absolute Gasteiger partial charge is 0.416 e. The first-order valence-corrected chi connectivity index (χ1v) is 14.2. The largest absolute Gasteiger partial charge is 0.441 e. The number of nitrogens with one attached hydrogen (secondary N) is 1. The molecule has 0 bridgehead atoms. The summed E-state index contributed by atoms with van der Waals surface area (Å²) >= 11 is 7.24. The average Bonchev–Trinajstić information content (AvgIpc) is 3.31. The van der Waals surface area contributed by atoms with Gasteiger partial charge >= 0.3 is 6.18 Å². The number of thiazole rings is 1. The number of carbonyl (C=O) groups excluding carboxylic acids is 1. The average molecular weight is 579 g/mol. The van der Waals surface area contributed by atoms with Crippen LogP contribution in [0.5, 0.6) is 5.75 Å². The van der Waals surface area contributed by atoms with E-state index in [0.717, 1.165) is 49.4 Å². The summed E-state index contributed by atoms with van der Waals surface area (Å²) in [6.07, 6.45) is 1.45. The third-order valence-corrected chi connectivity index (χ3v) is 8.52. The molecule has 0 atom stereocenters. The second-order valence-corrected chi connectivity index (χ2v) is 11.5. The Morgan fingerprint density at radius 3 is 2.54 bits per heavy atom. The summed E-state index contributed by atoms with van der Waals surface area (Å²) in [7, 11) is 0. The van der Waals surface area contributed by atoms with Gasteiger partial charge in [0.05, 0.1) is 21.3 Å². The molecule has 0 radical (unpaired) electrons. The van der Waals surface area contributed by atoms with E-state index < -0.39 is 17.6 Å². The van der Waals surface area contributed by atoms with Crippen LogP contribution in [0, 0.1) is 6.92 Å². The second kappa shape index (κ2) is 11.3. The van der Waals surface area contributed by atoms with Gasteiger partial charge in [0, 0.05) is 24.2 Å². The van der Waals surface area contributed by atoms with E-state index in [0.29, 0.717) is 38.5 Å². The van der Waals surface area contributed by atoms with Crippen LogP contribution in [-0.4, -0.2) is 52.9 Å². The van der Waals surface area contributed by atoms with Gasteiger partial charge in [0.25, 0.3) is 5.91 Å². The quantitative estimate of drug-likeness (QED) is 0.310. The summed E-state index contributed by atoms with van der Waals surface area (Å²) < 4.78 is 45.8. The van der Waals surface area contributed by atoms with Gasteiger partial charge in [0.1, 0.15) is 5.75 Å². The van der Waals surface area contributed by atoms with Crippen molar-refractivity contribution in [3.8, 4) is 5.75 Å². The topological polar surface area (TPSA) is 57.7 Å². The van der Waals surface area contributed by atoms with Crippen LogP contribution in [0.2, 0.25) is 5.02 Å². The minimum absolute atomic E-state index is 0.177. The van der Waals surface area contributed by atoms with Crippen LogP contribution in [-0.2, 0) is 6.18 Å². The lowest BCUT2D eigenvalue weighted by Gasteiger charge is -2.41. The number of amides is 1. The lowest BCUT2D eigenvalue weighted by Crippen LogP contribution is -2.46. The number of anilines is 1. The van der Waals surface area contributed by atoms with Gasteiger partial charge in [0.2, 0.25) is 0 Å². The van der Waals surface area contributed by atoms with Gasteiger partial charge in [-0.05, 0) is 88.2 Å². The van der Waals surface area contributed by atoms with Crippen LogP contribution in [0.25, 0.3) is 10.2 Å². The first-order valence-electron chi connectivity index (χ1n) is 13.0. The molecule has 5 rings (SSSR count). The lowest BCUT2D eigenvalue weighted by atomic mass is 10.00. The second-order valence-electron chi connectivity index (χ2n) is 10.1. The number of rotatable bonds is 6. The molecule has 1 aromatic heterocycles. The van der Waals surface area contributed by atoms with E-state index in [4.69, 9.17) is 16.3 Å². The van der Waals surface area contributed by atoms with Gasteiger partial charge < -0.3 is 14.5 Å². The molecule has 11 heteroatoms. The molecule has 208 valence electrons. The van der Waals surface area contributed by atoms with Gasteiger partial charge in [-0.3, -0.25) is 10.1 Å². The van der Waals surface area contributed by atoms with Crippen LogP contribution in [0.1, 0.15) is 53.6 Å². The number of nitrogens with zero attached hydrogens (tertiary/aromatic N) is 3. The molecule has 2 fully saturated rings. The van der Waals surface area contributed by atoms with Crippen molar-refractivity contribution in [1.29, 1.82) is 0 Å². The molecule has 1 amide bonds. The molecular weight excluding hydrogens is 549 g/mol. The Bertz CT molecular complexity index is 1380. The van der Waals surface area contributed by atoms with E-state index in [1.54, 1.807) is 13.0 Å². The molecule has 2 aliphatic rings. The molecule has 6 nitrogen and oxygen atoms in total. The number of fused-ring (bicyclic) bond motifs is 1. The number of piperidine rings is 2. The predicted molar refractivity (Wildman–Crippen MR) is 149 cm³/mol. The Morgan fingerprint density at radius 1 is 1.13 bits per heavy atom. The molecule has 0 unspecified atom stereocenters. The number of hydrogen-bond donors (Lipinski definition) is 1. The lowest BCUT2D eigenvalue weighted by molar-refractivity contribution is -0.137. The highest BCUT2D eigenvalue weighted by Crippen LogP contribution is 2.36. The highest BCUT2D eigenvalue weighted by atomic mass is 35.5.